The molecule has 2 aliphatic rings. The van der Waals surface area contributed by atoms with Crippen LogP contribution in [0.15, 0.2) is 30.3 Å². The number of H-pyrrole nitrogens is 1. The van der Waals surface area contributed by atoms with Crippen LogP contribution < -0.4 is 10.6 Å². The number of benzene rings is 1. The molecule has 1 aliphatic heterocycles. The van der Waals surface area contributed by atoms with E-state index in [4.69, 9.17) is 0 Å². The molecule has 0 bridgehead atoms. The van der Waals surface area contributed by atoms with Gasteiger partial charge in [0, 0.05) is 17.2 Å². The number of aromatic amines is 1. The van der Waals surface area contributed by atoms with Gasteiger partial charge in [0.25, 0.3) is 0 Å². The number of nitrogens with zero attached hydrogens (tertiary/aromatic N) is 2. The molecule has 1 saturated carbocycles. The summed E-state index contributed by atoms with van der Waals surface area (Å²) in [6, 6.07) is 9.46. The highest BCUT2D eigenvalue weighted by atomic mass is 28.3. The van der Waals surface area contributed by atoms with Crippen LogP contribution in [-0.4, -0.2) is 46.8 Å². The van der Waals surface area contributed by atoms with E-state index in [1.54, 1.807) is 4.90 Å². The van der Waals surface area contributed by atoms with Gasteiger partial charge in [-0.05, 0) is 45.1 Å². The Kier molecular flexibility index (Phi) is 6.85. The maximum Gasteiger partial charge on any atom is 0.318 e. The standard InChI is InChI=1S/C26H39N5O3Si/c1-25(2)21-19(22(30-29-21)28-23(33)26(14-10-15-26)35(3,4)5)17-31(25)24(34)27-20(13-9-16-32)18-11-7-6-8-12-18/h6-8,11-12,20,32H,9-10,13-17H2,1-5H3,(H,27,34)(H2,28,29,30,33)/t20-/m1/s1. The predicted octanol–water partition coefficient (Wildman–Crippen LogP) is 4.88. The summed E-state index contributed by atoms with van der Waals surface area (Å²) in [5, 5.41) is 22.9. The van der Waals surface area contributed by atoms with Gasteiger partial charge >= 0.3 is 6.03 Å². The minimum Gasteiger partial charge on any atom is -0.396 e. The number of nitrogens with one attached hydrogen (secondary N) is 3. The molecule has 4 N–H and O–H groups in total. The molecule has 2 aromatic rings. The Hall–Kier alpha value is -2.65. The molecule has 8 nitrogen and oxygen atoms in total. The first-order valence-corrected chi connectivity index (χ1v) is 16.1. The van der Waals surface area contributed by atoms with Gasteiger partial charge in [0.15, 0.2) is 5.82 Å². The van der Waals surface area contributed by atoms with Crippen molar-refractivity contribution in [2.75, 3.05) is 11.9 Å². The summed E-state index contributed by atoms with van der Waals surface area (Å²) in [6.45, 7) is 11.2. The second-order valence-electron chi connectivity index (χ2n) is 11.5. The first-order valence-electron chi connectivity index (χ1n) is 12.6. The van der Waals surface area contributed by atoms with Crippen molar-refractivity contribution in [1.29, 1.82) is 0 Å². The normalized spacial score (nSPS) is 19.0. The molecule has 1 aromatic heterocycles. The maximum atomic E-state index is 13.5. The first kappa shape index (κ1) is 25.4. The summed E-state index contributed by atoms with van der Waals surface area (Å²) in [5.74, 6) is 0.615. The van der Waals surface area contributed by atoms with E-state index >= 15 is 0 Å². The molecule has 0 unspecified atom stereocenters. The summed E-state index contributed by atoms with van der Waals surface area (Å²) in [7, 11) is -1.71. The zero-order valence-corrected chi connectivity index (χ0v) is 22.6. The lowest BCUT2D eigenvalue weighted by atomic mass is 9.83. The number of aliphatic hydroxyl groups is 1. The average molecular weight is 498 g/mol. The SMILES string of the molecule is CC1(C)c2[nH]nc(NC(=O)C3([Si](C)(C)C)CCC3)c2CN1C(=O)N[C@H](CCCO)c1ccccc1. The van der Waals surface area contributed by atoms with Gasteiger partial charge in [0.05, 0.1) is 31.9 Å². The van der Waals surface area contributed by atoms with Crippen LogP contribution >= 0.6 is 0 Å². The highest BCUT2D eigenvalue weighted by molar-refractivity contribution is 6.83. The number of carbonyl (C=O) groups is 2. The Morgan fingerprint density at radius 3 is 2.46 bits per heavy atom. The van der Waals surface area contributed by atoms with Crippen LogP contribution in [0.3, 0.4) is 0 Å². The summed E-state index contributed by atoms with van der Waals surface area (Å²) >= 11 is 0. The topological polar surface area (TPSA) is 110 Å². The lowest BCUT2D eigenvalue weighted by Gasteiger charge is -2.48. The van der Waals surface area contributed by atoms with Gasteiger partial charge in [0.2, 0.25) is 5.91 Å². The fourth-order valence-corrected chi connectivity index (χ4v) is 8.15. The van der Waals surface area contributed by atoms with E-state index in [9.17, 15) is 14.7 Å². The van der Waals surface area contributed by atoms with Gasteiger partial charge < -0.3 is 20.6 Å². The monoisotopic (exact) mass is 497 g/mol. The number of aliphatic hydroxyl groups excluding tert-OH is 1. The van der Waals surface area contributed by atoms with Gasteiger partial charge in [-0.1, -0.05) is 56.4 Å². The molecule has 0 spiro atoms. The van der Waals surface area contributed by atoms with Gasteiger partial charge in [-0.2, -0.15) is 5.10 Å². The third-order valence-corrected chi connectivity index (χ3v) is 11.8. The Balaban J connectivity index is 1.52. The van der Waals surface area contributed by atoms with Crippen molar-refractivity contribution in [1.82, 2.24) is 20.4 Å². The fourth-order valence-electron chi connectivity index (χ4n) is 5.55. The largest absolute Gasteiger partial charge is 0.396 e. The molecule has 3 amide bonds. The van der Waals surface area contributed by atoms with Gasteiger partial charge in [0.1, 0.15) is 0 Å². The van der Waals surface area contributed by atoms with Crippen LogP contribution in [0.25, 0.3) is 0 Å². The second kappa shape index (κ2) is 9.42. The van der Waals surface area contributed by atoms with Crippen molar-refractivity contribution in [2.45, 2.75) is 88.8 Å². The third-order valence-electron chi connectivity index (χ3n) is 8.18. The number of anilines is 1. The highest BCUT2D eigenvalue weighted by Gasteiger charge is 2.54. The van der Waals surface area contributed by atoms with E-state index < -0.39 is 13.6 Å². The fraction of sp³-hybridized carbons (Fsp3) is 0.577. The van der Waals surface area contributed by atoms with E-state index in [1.165, 1.54) is 0 Å². The number of carbonyl (C=O) groups excluding carboxylic acids is 2. The lowest BCUT2D eigenvalue weighted by Crippen LogP contribution is -2.52. The lowest BCUT2D eigenvalue weighted by molar-refractivity contribution is -0.121. The van der Waals surface area contributed by atoms with Crippen molar-refractivity contribution >= 4 is 25.8 Å². The molecule has 1 fully saturated rings. The summed E-state index contributed by atoms with van der Waals surface area (Å²) < 4.78 is 0. The Morgan fingerprint density at radius 1 is 1.20 bits per heavy atom. The summed E-state index contributed by atoms with van der Waals surface area (Å²) in [5.41, 5.74) is 2.12. The Labute approximate surface area is 208 Å². The maximum absolute atomic E-state index is 13.5. The van der Waals surface area contributed by atoms with Crippen molar-refractivity contribution in [3.05, 3.63) is 47.2 Å². The quantitative estimate of drug-likeness (QED) is 0.389. The van der Waals surface area contributed by atoms with Gasteiger partial charge in [-0.15, -0.1) is 0 Å². The molecule has 190 valence electrons. The van der Waals surface area contributed by atoms with Crippen LogP contribution in [0, 0.1) is 0 Å². The molecule has 2 heterocycles. The van der Waals surface area contributed by atoms with Crippen molar-refractivity contribution in [3.63, 3.8) is 0 Å². The van der Waals surface area contributed by atoms with E-state index in [0.717, 1.165) is 36.1 Å². The number of hydrogen-bond donors (Lipinski definition) is 4. The number of amides is 3. The number of aromatic nitrogens is 2. The van der Waals surface area contributed by atoms with E-state index in [1.807, 2.05) is 44.2 Å². The number of urea groups is 1. The van der Waals surface area contributed by atoms with Crippen molar-refractivity contribution < 1.29 is 14.7 Å². The van der Waals surface area contributed by atoms with E-state index in [2.05, 4.69) is 40.5 Å². The zero-order valence-electron chi connectivity index (χ0n) is 21.6. The molecular weight excluding hydrogens is 458 g/mol. The molecule has 9 heteroatoms. The smallest absolute Gasteiger partial charge is 0.318 e. The molecular formula is C26H39N5O3Si. The highest BCUT2D eigenvalue weighted by Crippen LogP contribution is 2.56. The minimum absolute atomic E-state index is 0.0751. The van der Waals surface area contributed by atoms with E-state index in [-0.39, 0.29) is 29.6 Å². The molecule has 1 aliphatic carbocycles. The first-order chi connectivity index (χ1) is 16.5. The van der Waals surface area contributed by atoms with Gasteiger partial charge in [-0.25, -0.2) is 4.79 Å². The van der Waals surface area contributed by atoms with Crippen LogP contribution in [0.4, 0.5) is 10.6 Å². The molecule has 0 saturated heterocycles. The van der Waals surface area contributed by atoms with Crippen LogP contribution in [-0.2, 0) is 16.9 Å². The van der Waals surface area contributed by atoms with Crippen LogP contribution in [0.2, 0.25) is 24.7 Å². The van der Waals surface area contributed by atoms with E-state index in [0.29, 0.717) is 25.2 Å². The minimum atomic E-state index is -1.71. The molecule has 1 atom stereocenters. The van der Waals surface area contributed by atoms with Crippen molar-refractivity contribution in [2.24, 2.45) is 0 Å². The Morgan fingerprint density at radius 2 is 1.89 bits per heavy atom. The molecule has 0 radical (unpaired) electrons. The third kappa shape index (κ3) is 4.51. The van der Waals surface area contributed by atoms with Gasteiger partial charge in [-0.3, -0.25) is 9.89 Å². The van der Waals surface area contributed by atoms with Crippen LogP contribution in [0.5, 0.6) is 0 Å². The second-order valence-corrected chi connectivity index (χ2v) is 16.9. The molecule has 35 heavy (non-hydrogen) atoms. The molecule has 1 aromatic carbocycles. The Bertz CT molecular complexity index is 1070. The molecule has 4 rings (SSSR count). The average Bonchev–Trinajstić information content (AvgIpc) is 3.27. The number of rotatable bonds is 8. The number of fused-ring (bicyclic) bond motifs is 1. The zero-order chi connectivity index (χ0) is 25.4. The van der Waals surface area contributed by atoms with Crippen molar-refractivity contribution in [3.8, 4) is 0 Å². The number of hydrogen-bond acceptors (Lipinski definition) is 4. The van der Waals surface area contributed by atoms with Crippen LogP contribution in [0.1, 0.15) is 68.8 Å². The summed E-state index contributed by atoms with van der Waals surface area (Å²) in [6.07, 6.45) is 4.22. The summed E-state index contributed by atoms with van der Waals surface area (Å²) in [4.78, 5) is 28.7. The predicted molar refractivity (Wildman–Crippen MR) is 140 cm³/mol.